The molecule has 2 atom stereocenters. The molecule has 1 saturated carbocycles. The first-order valence-corrected chi connectivity index (χ1v) is 7.67. The van der Waals surface area contributed by atoms with Crippen molar-refractivity contribution in [2.24, 2.45) is 11.7 Å². The Morgan fingerprint density at radius 1 is 1.10 bits per heavy atom. The van der Waals surface area contributed by atoms with Crippen LogP contribution in [0.4, 0.5) is 13.2 Å². The van der Waals surface area contributed by atoms with Gasteiger partial charge in [0, 0.05) is 38.6 Å². The zero-order valence-electron chi connectivity index (χ0n) is 12.2. The predicted octanol–water partition coefficient (Wildman–Crippen LogP) is 1.60. The highest BCUT2D eigenvalue weighted by atomic mass is 19.4. The van der Waals surface area contributed by atoms with Gasteiger partial charge in [-0.1, -0.05) is 6.42 Å². The Morgan fingerprint density at radius 2 is 1.86 bits per heavy atom. The smallest absolute Gasteiger partial charge is 0.341 e. The normalized spacial score (nSPS) is 28.7. The fourth-order valence-corrected chi connectivity index (χ4v) is 3.30. The first kappa shape index (κ1) is 16.5. The first-order valence-electron chi connectivity index (χ1n) is 7.67. The van der Waals surface area contributed by atoms with Crippen molar-refractivity contribution in [1.82, 2.24) is 9.80 Å². The Morgan fingerprint density at radius 3 is 2.48 bits per heavy atom. The number of amides is 1. The highest BCUT2D eigenvalue weighted by Gasteiger charge is 2.32. The van der Waals surface area contributed by atoms with Crippen LogP contribution < -0.4 is 5.73 Å². The van der Waals surface area contributed by atoms with Crippen LogP contribution in [0, 0.1) is 5.92 Å². The fourth-order valence-electron chi connectivity index (χ4n) is 3.30. The molecule has 122 valence electrons. The molecule has 0 unspecified atom stereocenters. The van der Waals surface area contributed by atoms with E-state index in [0.29, 0.717) is 39.0 Å². The van der Waals surface area contributed by atoms with Crippen LogP contribution in [-0.4, -0.2) is 60.6 Å². The molecule has 1 heterocycles. The van der Waals surface area contributed by atoms with Gasteiger partial charge in [-0.3, -0.25) is 9.69 Å². The van der Waals surface area contributed by atoms with Crippen LogP contribution >= 0.6 is 0 Å². The standard InChI is InChI=1S/C14H24F3N3O/c15-14(16,17)10-19-5-2-6-20(8-7-19)13(21)9-11-3-1-4-12(11)18/h11-12H,1-10,18H2/t11-,12+/m0/s1. The number of carbonyl (C=O) groups excluding carboxylic acids is 1. The third-order valence-corrected chi connectivity index (χ3v) is 4.50. The number of rotatable bonds is 3. The third kappa shape index (κ3) is 5.14. The molecule has 2 aliphatic rings. The van der Waals surface area contributed by atoms with Crippen molar-refractivity contribution in [2.45, 2.75) is 44.3 Å². The molecule has 2 fully saturated rings. The van der Waals surface area contributed by atoms with E-state index < -0.39 is 12.7 Å². The van der Waals surface area contributed by atoms with Gasteiger partial charge in [-0.05, 0) is 25.2 Å². The summed E-state index contributed by atoms with van der Waals surface area (Å²) in [5.74, 6) is 0.290. The summed E-state index contributed by atoms with van der Waals surface area (Å²) in [5.41, 5.74) is 5.98. The van der Waals surface area contributed by atoms with E-state index in [1.165, 1.54) is 4.90 Å². The summed E-state index contributed by atoms with van der Waals surface area (Å²) in [6.07, 6.45) is -0.106. The third-order valence-electron chi connectivity index (χ3n) is 4.50. The predicted molar refractivity (Wildman–Crippen MR) is 73.6 cm³/mol. The van der Waals surface area contributed by atoms with Crippen molar-refractivity contribution in [3.05, 3.63) is 0 Å². The van der Waals surface area contributed by atoms with Gasteiger partial charge in [-0.25, -0.2) is 0 Å². The lowest BCUT2D eigenvalue weighted by Gasteiger charge is -2.24. The Bertz CT molecular complexity index is 362. The molecule has 0 spiro atoms. The number of hydrogen-bond donors (Lipinski definition) is 1. The van der Waals surface area contributed by atoms with Crippen molar-refractivity contribution in [3.8, 4) is 0 Å². The topological polar surface area (TPSA) is 49.6 Å². The van der Waals surface area contributed by atoms with E-state index in [1.54, 1.807) is 4.90 Å². The molecular formula is C14H24F3N3O. The zero-order chi connectivity index (χ0) is 15.5. The SMILES string of the molecule is N[C@@H]1CCC[C@H]1CC(=O)N1CCCN(CC(F)(F)F)CC1. The molecule has 1 saturated heterocycles. The minimum absolute atomic E-state index is 0.0474. The summed E-state index contributed by atoms with van der Waals surface area (Å²) >= 11 is 0. The summed E-state index contributed by atoms with van der Waals surface area (Å²) in [6.45, 7) is 0.739. The monoisotopic (exact) mass is 307 g/mol. The number of nitrogens with zero attached hydrogens (tertiary/aromatic N) is 2. The van der Waals surface area contributed by atoms with Crippen LogP contribution in [0.5, 0.6) is 0 Å². The Kier molecular flexibility index (Phi) is 5.48. The molecule has 7 heteroatoms. The maximum Gasteiger partial charge on any atom is 0.401 e. The summed E-state index contributed by atoms with van der Waals surface area (Å²) in [6, 6.07) is 0.0997. The maximum absolute atomic E-state index is 12.4. The largest absolute Gasteiger partial charge is 0.401 e. The summed E-state index contributed by atoms with van der Waals surface area (Å²) in [5, 5.41) is 0. The van der Waals surface area contributed by atoms with Crippen LogP contribution in [-0.2, 0) is 4.79 Å². The lowest BCUT2D eigenvalue weighted by molar-refractivity contribution is -0.145. The van der Waals surface area contributed by atoms with Crippen molar-refractivity contribution in [1.29, 1.82) is 0 Å². The first-order chi connectivity index (χ1) is 9.85. The molecule has 1 aliphatic carbocycles. The second-order valence-electron chi connectivity index (χ2n) is 6.18. The molecule has 0 aromatic heterocycles. The molecule has 0 bridgehead atoms. The average Bonchev–Trinajstić information content (AvgIpc) is 2.63. The van der Waals surface area contributed by atoms with Crippen molar-refractivity contribution in [2.75, 3.05) is 32.7 Å². The summed E-state index contributed by atoms with van der Waals surface area (Å²) in [7, 11) is 0. The van der Waals surface area contributed by atoms with Crippen LogP contribution in [0.15, 0.2) is 0 Å². The fraction of sp³-hybridized carbons (Fsp3) is 0.929. The molecular weight excluding hydrogens is 283 g/mol. The number of hydrogen-bond acceptors (Lipinski definition) is 3. The highest BCUT2D eigenvalue weighted by Crippen LogP contribution is 2.27. The number of nitrogens with two attached hydrogens (primary N) is 1. The molecule has 2 rings (SSSR count). The molecule has 0 aromatic rings. The quantitative estimate of drug-likeness (QED) is 0.861. The van der Waals surface area contributed by atoms with Gasteiger partial charge < -0.3 is 10.6 Å². The molecule has 4 nitrogen and oxygen atoms in total. The van der Waals surface area contributed by atoms with Crippen LogP contribution in [0.25, 0.3) is 0 Å². The second-order valence-corrected chi connectivity index (χ2v) is 6.18. The Labute approximate surface area is 123 Å². The van der Waals surface area contributed by atoms with Crippen LogP contribution in [0.1, 0.15) is 32.1 Å². The maximum atomic E-state index is 12.4. The van der Waals surface area contributed by atoms with Gasteiger partial charge in [0.05, 0.1) is 6.54 Å². The van der Waals surface area contributed by atoms with E-state index in [0.717, 1.165) is 19.3 Å². The van der Waals surface area contributed by atoms with E-state index in [1.807, 2.05) is 0 Å². The molecule has 2 N–H and O–H groups in total. The van der Waals surface area contributed by atoms with Gasteiger partial charge in [0.1, 0.15) is 0 Å². The van der Waals surface area contributed by atoms with Crippen LogP contribution in [0.2, 0.25) is 0 Å². The Hall–Kier alpha value is -0.820. The molecule has 1 aliphatic heterocycles. The van der Waals surface area contributed by atoms with Gasteiger partial charge in [0.25, 0.3) is 0 Å². The summed E-state index contributed by atoms with van der Waals surface area (Å²) < 4.78 is 37.2. The van der Waals surface area contributed by atoms with Crippen molar-refractivity contribution in [3.63, 3.8) is 0 Å². The van der Waals surface area contributed by atoms with E-state index in [4.69, 9.17) is 5.73 Å². The highest BCUT2D eigenvalue weighted by molar-refractivity contribution is 5.76. The number of halogens is 3. The van der Waals surface area contributed by atoms with Gasteiger partial charge >= 0.3 is 6.18 Å². The molecule has 0 radical (unpaired) electrons. The lowest BCUT2D eigenvalue weighted by atomic mass is 9.99. The second kappa shape index (κ2) is 6.96. The lowest BCUT2D eigenvalue weighted by Crippen LogP contribution is -2.39. The number of alkyl halides is 3. The number of carbonyl (C=O) groups is 1. The minimum Gasteiger partial charge on any atom is -0.341 e. The van der Waals surface area contributed by atoms with Gasteiger partial charge in [0.15, 0.2) is 0 Å². The van der Waals surface area contributed by atoms with E-state index in [-0.39, 0.29) is 17.9 Å². The van der Waals surface area contributed by atoms with Crippen molar-refractivity contribution >= 4 is 5.91 Å². The minimum atomic E-state index is -4.17. The van der Waals surface area contributed by atoms with Gasteiger partial charge in [-0.2, -0.15) is 13.2 Å². The average molecular weight is 307 g/mol. The van der Waals surface area contributed by atoms with Crippen molar-refractivity contribution < 1.29 is 18.0 Å². The van der Waals surface area contributed by atoms with Crippen LogP contribution in [0.3, 0.4) is 0 Å². The molecule has 0 aromatic carbocycles. The van der Waals surface area contributed by atoms with Gasteiger partial charge in [-0.15, -0.1) is 0 Å². The van der Waals surface area contributed by atoms with E-state index >= 15 is 0 Å². The molecule has 1 amide bonds. The van der Waals surface area contributed by atoms with E-state index in [9.17, 15) is 18.0 Å². The van der Waals surface area contributed by atoms with E-state index in [2.05, 4.69) is 0 Å². The van der Waals surface area contributed by atoms with Gasteiger partial charge in [0.2, 0.25) is 5.91 Å². The molecule has 21 heavy (non-hydrogen) atoms. The Balaban J connectivity index is 1.80. The zero-order valence-corrected chi connectivity index (χ0v) is 12.2. The summed E-state index contributed by atoms with van der Waals surface area (Å²) in [4.78, 5) is 15.4.